The fourth-order valence-corrected chi connectivity index (χ4v) is 4.51. The molecule has 0 amide bonds. The molecule has 0 spiro atoms. The molecule has 1 N–H and O–H groups in total. The molecule has 2 nitrogen and oxygen atoms in total. The lowest BCUT2D eigenvalue weighted by Crippen LogP contribution is -2.55. The van der Waals surface area contributed by atoms with Crippen LogP contribution < -0.4 is 4.90 Å². The Morgan fingerprint density at radius 2 is 1.41 bits per heavy atom. The van der Waals surface area contributed by atoms with E-state index in [0.29, 0.717) is 5.75 Å². The van der Waals surface area contributed by atoms with Crippen LogP contribution >= 0.6 is 0 Å². The van der Waals surface area contributed by atoms with Gasteiger partial charge in [-0.1, -0.05) is 41.5 Å². The van der Waals surface area contributed by atoms with Crippen molar-refractivity contribution in [2.45, 2.75) is 73.3 Å². The van der Waals surface area contributed by atoms with Crippen molar-refractivity contribution in [2.24, 2.45) is 10.8 Å². The first kappa shape index (κ1) is 17.2. The molecule has 0 radical (unpaired) electrons. The molecular weight excluding hydrogens is 270 g/mol. The van der Waals surface area contributed by atoms with Crippen LogP contribution in [0, 0.1) is 10.8 Å². The van der Waals surface area contributed by atoms with Crippen LogP contribution in [0.5, 0.6) is 5.75 Å². The molecule has 1 heterocycles. The monoisotopic (exact) mass is 303 g/mol. The second-order valence-electron chi connectivity index (χ2n) is 9.86. The minimum Gasteiger partial charge on any atom is -0.508 e. The van der Waals surface area contributed by atoms with Crippen molar-refractivity contribution < 1.29 is 5.11 Å². The molecular formula is C20H33NO. The van der Waals surface area contributed by atoms with E-state index in [1.54, 1.807) is 0 Å². The summed E-state index contributed by atoms with van der Waals surface area (Å²) in [6.07, 6.45) is 0. The number of anilines is 1. The fraction of sp³-hybridized carbons (Fsp3) is 0.700. The third kappa shape index (κ3) is 2.31. The van der Waals surface area contributed by atoms with E-state index in [2.05, 4.69) is 73.3 Å². The van der Waals surface area contributed by atoms with Crippen molar-refractivity contribution in [3.8, 4) is 5.75 Å². The van der Waals surface area contributed by atoms with Crippen LogP contribution in [0.4, 0.5) is 5.69 Å². The van der Waals surface area contributed by atoms with E-state index in [4.69, 9.17) is 0 Å². The first-order valence-electron chi connectivity index (χ1n) is 8.33. The summed E-state index contributed by atoms with van der Waals surface area (Å²) in [4.78, 5) is 2.51. The Bertz CT molecular complexity index is 553. The molecule has 2 rings (SSSR count). The van der Waals surface area contributed by atoms with E-state index in [1.807, 2.05) is 12.1 Å². The van der Waals surface area contributed by atoms with Crippen LogP contribution in [0.25, 0.3) is 0 Å². The minimum absolute atomic E-state index is 0.0125. The van der Waals surface area contributed by atoms with Crippen LogP contribution in [0.1, 0.15) is 67.9 Å². The molecule has 0 saturated heterocycles. The van der Waals surface area contributed by atoms with E-state index in [-0.39, 0.29) is 21.8 Å². The molecule has 0 aromatic heterocycles. The number of benzene rings is 1. The topological polar surface area (TPSA) is 23.5 Å². The number of nitrogens with zero attached hydrogens (tertiary/aromatic N) is 1. The molecule has 1 aromatic rings. The van der Waals surface area contributed by atoms with Crippen molar-refractivity contribution >= 4 is 5.69 Å². The van der Waals surface area contributed by atoms with Crippen LogP contribution in [0.3, 0.4) is 0 Å². The van der Waals surface area contributed by atoms with Gasteiger partial charge in [0, 0.05) is 23.2 Å². The second-order valence-corrected chi connectivity index (χ2v) is 9.86. The number of rotatable bonds is 0. The fourth-order valence-electron chi connectivity index (χ4n) is 4.51. The molecule has 0 atom stereocenters. The third-order valence-electron chi connectivity index (χ3n) is 5.50. The average Bonchev–Trinajstić information content (AvgIpc) is 2.62. The summed E-state index contributed by atoms with van der Waals surface area (Å²) in [6.45, 7) is 21.8. The number of aromatic hydroxyl groups is 1. The highest BCUT2D eigenvalue weighted by molar-refractivity contribution is 5.67. The molecule has 1 aromatic carbocycles. The minimum atomic E-state index is -0.0125. The van der Waals surface area contributed by atoms with Gasteiger partial charge in [-0.15, -0.1) is 0 Å². The standard InChI is InChI=1S/C20H33NO/c1-17(2,3)20(18(4,5)6)13-21(19(7,8)9)16-11-10-14(22)12-15(16)20/h10-12,22H,13H2,1-9H3. The molecule has 0 fully saturated rings. The largest absolute Gasteiger partial charge is 0.508 e. The molecule has 0 aliphatic carbocycles. The van der Waals surface area contributed by atoms with Crippen molar-refractivity contribution in [1.82, 2.24) is 0 Å². The number of hydrogen-bond acceptors (Lipinski definition) is 2. The summed E-state index contributed by atoms with van der Waals surface area (Å²) in [5.74, 6) is 0.368. The molecule has 22 heavy (non-hydrogen) atoms. The van der Waals surface area contributed by atoms with Gasteiger partial charge in [0.2, 0.25) is 0 Å². The van der Waals surface area contributed by atoms with E-state index in [0.717, 1.165) is 6.54 Å². The average molecular weight is 303 g/mol. The van der Waals surface area contributed by atoms with Gasteiger partial charge in [0.25, 0.3) is 0 Å². The third-order valence-corrected chi connectivity index (χ3v) is 5.50. The van der Waals surface area contributed by atoms with Gasteiger partial charge in [-0.2, -0.15) is 0 Å². The van der Waals surface area contributed by atoms with E-state index in [1.165, 1.54) is 11.3 Å². The zero-order chi connectivity index (χ0) is 17.1. The Kier molecular flexibility index (Phi) is 3.64. The summed E-state index contributed by atoms with van der Waals surface area (Å²) in [6, 6.07) is 5.91. The Morgan fingerprint density at radius 1 is 0.909 bits per heavy atom. The van der Waals surface area contributed by atoms with Gasteiger partial charge in [-0.3, -0.25) is 0 Å². The SMILES string of the molecule is CC(C)(C)N1CC(C(C)(C)C)(C(C)(C)C)c2cc(O)ccc21. The van der Waals surface area contributed by atoms with E-state index in [9.17, 15) is 5.11 Å². The Hall–Kier alpha value is -1.18. The van der Waals surface area contributed by atoms with Crippen LogP contribution in [-0.4, -0.2) is 17.2 Å². The normalized spacial score (nSPS) is 18.5. The lowest BCUT2D eigenvalue weighted by molar-refractivity contribution is 0.0634. The van der Waals surface area contributed by atoms with Crippen LogP contribution in [0.15, 0.2) is 18.2 Å². The van der Waals surface area contributed by atoms with Crippen molar-refractivity contribution in [2.75, 3.05) is 11.4 Å². The quantitative estimate of drug-likeness (QED) is 0.699. The zero-order valence-electron chi connectivity index (χ0n) is 15.8. The molecule has 2 heteroatoms. The number of phenolic OH excluding ortho intramolecular Hbond substituents is 1. The van der Waals surface area contributed by atoms with Gasteiger partial charge in [-0.05, 0) is 55.4 Å². The molecule has 1 aliphatic rings. The molecule has 124 valence electrons. The highest BCUT2D eigenvalue weighted by Gasteiger charge is 2.58. The van der Waals surface area contributed by atoms with Gasteiger partial charge in [0.1, 0.15) is 5.75 Å². The Labute approximate surface area is 136 Å². The lowest BCUT2D eigenvalue weighted by Gasteiger charge is -2.52. The van der Waals surface area contributed by atoms with Gasteiger partial charge < -0.3 is 10.0 Å². The van der Waals surface area contributed by atoms with E-state index >= 15 is 0 Å². The van der Waals surface area contributed by atoms with Gasteiger partial charge >= 0.3 is 0 Å². The second kappa shape index (κ2) is 4.66. The maximum Gasteiger partial charge on any atom is 0.116 e. The summed E-state index contributed by atoms with van der Waals surface area (Å²) < 4.78 is 0. The zero-order valence-corrected chi connectivity index (χ0v) is 15.8. The molecule has 0 bridgehead atoms. The first-order valence-corrected chi connectivity index (χ1v) is 8.33. The maximum atomic E-state index is 10.1. The predicted octanol–water partition coefficient (Wildman–Crippen LogP) is 5.34. The first-order chi connectivity index (χ1) is 9.72. The summed E-state index contributed by atoms with van der Waals surface area (Å²) >= 11 is 0. The summed E-state index contributed by atoms with van der Waals surface area (Å²) in [5.41, 5.74) is 2.80. The number of hydrogen-bond donors (Lipinski definition) is 1. The van der Waals surface area contributed by atoms with Crippen molar-refractivity contribution in [3.63, 3.8) is 0 Å². The van der Waals surface area contributed by atoms with Crippen LogP contribution in [0.2, 0.25) is 0 Å². The highest BCUT2D eigenvalue weighted by atomic mass is 16.3. The van der Waals surface area contributed by atoms with E-state index < -0.39 is 0 Å². The summed E-state index contributed by atoms with van der Waals surface area (Å²) in [7, 11) is 0. The Balaban J connectivity index is 2.82. The molecule has 0 unspecified atom stereocenters. The van der Waals surface area contributed by atoms with Gasteiger partial charge in [-0.25, -0.2) is 0 Å². The number of fused-ring (bicyclic) bond motifs is 1. The Morgan fingerprint density at radius 3 is 1.82 bits per heavy atom. The smallest absolute Gasteiger partial charge is 0.116 e. The van der Waals surface area contributed by atoms with Gasteiger partial charge in [0.05, 0.1) is 0 Å². The van der Waals surface area contributed by atoms with Crippen LogP contribution in [-0.2, 0) is 5.41 Å². The highest BCUT2D eigenvalue weighted by Crippen LogP contribution is 2.60. The van der Waals surface area contributed by atoms with Gasteiger partial charge in [0.15, 0.2) is 0 Å². The predicted molar refractivity (Wildman–Crippen MR) is 95.8 cm³/mol. The van der Waals surface area contributed by atoms with Crippen molar-refractivity contribution in [3.05, 3.63) is 23.8 Å². The number of phenols is 1. The van der Waals surface area contributed by atoms with Crippen molar-refractivity contribution in [1.29, 1.82) is 0 Å². The lowest BCUT2D eigenvalue weighted by atomic mass is 9.52. The molecule has 1 aliphatic heterocycles. The molecule has 0 saturated carbocycles. The maximum absolute atomic E-state index is 10.1. The summed E-state index contributed by atoms with van der Waals surface area (Å²) in [5, 5.41) is 10.1.